The number of para-hydroxylation sites is 1. The molecule has 0 saturated carbocycles. The lowest BCUT2D eigenvalue weighted by molar-refractivity contribution is 0.572. The fraction of sp³-hybridized carbons (Fsp3) is 0. The van der Waals surface area contributed by atoms with Gasteiger partial charge in [0.25, 0.3) is 5.56 Å². The first-order valence-corrected chi connectivity index (χ1v) is 10.3. The molecule has 7 heteroatoms. The summed E-state index contributed by atoms with van der Waals surface area (Å²) in [7, 11) is 0. The van der Waals surface area contributed by atoms with Crippen molar-refractivity contribution in [1.29, 1.82) is 0 Å². The van der Waals surface area contributed by atoms with E-state index in [0.29, 0.717) is 27.6 Å². The fourth-order valence-electron chi connectivity index (χ4n) is 3.42. The number of nitrogens with zero attached hydrogens (tertiary/aromatic N) is 3. The molecule has 0 spiro atoms. The van der Waals surface area contributed by atoms with Crippen LogP contribution in [0.3, 0.4) is 0 Å². The van der Waals surface area contributed by atoms with Crippen LogP contribution in [0.4, 0.5) is 0 Å². The second-order valence-electron chi connectivity index (χ2n) is 6.66. The summed E-state index contributed by atoms with van der Waals surface area (Å²) >= 11 is 9.94. The molecule has 146 valence electrons. The van der Waals surface area contributed by atoms with Crippen LogP contribution in [0.2, 0.25) is 5.02 Å². The summed E-state index contributed by atoms with van der Waals surface area (Å²) in [5.41, 5.74) is 2.63. The molecule has 0 aliphatic carbocycles. The Kier molecular flexibility index (Phi) is 4.73. The van der Waals surface area contributed by atoms with Gasteiger partial charge in [0, 0.05) is 21.0 Å². The van der Waals surface area contributed by atoms with E-state index >= 15 is 0 Å². The third-order valence-corrected chi connectivity index (χ3v) is 5.55. The van der Waals surface area contributed by atoms with Crippen molar-refractivity contribution in [2.24, 2.45) is 0 Å². The average Bonchev–Trinajstić information content (AvgIpc) is 3.30. The van der Waals surface area contributed by atoms with Crippen molar-refractivity contribution >= 4 is 38.3 Å². The predicted octanol–water partition coefficient (Wildman–Crippen LogP) is 6.12. The maximum Gasteiger partial charge on any atom is 0.279 e. The molecule has 2 aromatic heterocycles. The van der Waals surface area contributed by atoms with Crippen LogP contribution in [0.25, 0.3) is 39.0 Å². The Morgan fingerprint density at radius 1 is 0.933 bits per heavy atom. The maximum atomic E-state index is 13.2. The Hall–Kier alpha value is -3.22. The van der Waals surface area contributed by atoms with E-state index in [-0.39, 0.29) is 5.56 Å². The van der Waals surface area contributed by atoms with Gasteiger partial charge in [-0.3, -0.25) is 4.79 Å². The number of fused-ring (bicyclic) bond motifs is 1. The predicted molar refractivity (Wildman–Crippen MR) is 121 cm³/mol. The third kappa shape index (κ3) is 3.24. The summed E-state index contributed by atoms with van der Waals surface area (Å²) in [5.74, 6) is 0.640. The highest BCUT2D eigenvalue weighted by Crippen LogP contribution is 2.32. The molecule has 0 aliphatic rings. The van der Waals surface area contributed by atoms with Gasteiger partial charge in [-0.2, -0.15) is 9.78 Å². The first-order valence-electron chi connectivity index (χ1n) is 9.08. The molecule has 0 bridgehead atoms. The zero-order valence-electron chi connectivity index (χ0n) is 15.4. The molecule has 0 atom stereocenters. The van der Waals surface area contributed by atoms with Crippen molar-refractivity contribution in [3.8, 4) is 28.3 Å². The molecule has 0 N–H and O–H groups in total. The van der Waals surface area contributed by atoms with E-state index < -0.39 is 0 Å². The van der Waals surface area contributed by atoms with Gasteiger partial charge in [0.05, 0.1) is 28.0 Å². The minimum Gasteiger partial charge on any atom is -0.444 e. The summed E-state index contributed by atoms with van der Waals surface area (Å²) in [5, 5.41) is 6.48. The molecular formula is C23H13BrClN3O2. The van der Waals surface area contributed by atoms with E-state index in [1.165, 1.54) is 11.1 Å². The third-order valence-electron chi connectivity index (χ3n) is 4.77. The van der Waals surface area contributed by atoms with Gasteiger partial charge in [-0.05, 0) is 36.4 Å². The highest BCUT2D eigenvalue weighted by atomic mass is 79.9. The number of oxazole rings is 1. The molecule has 2 heterocycles. The maximum absolute atomic E-state index is 13.2. The second kappa shape index (κ2) is 7.55. The standard InChI is InChI=1S/C23H13BrClN3O2/c24-16-10-14(21-12-26-13-30-21)9-15(11-16)22-17-5-1-2-6-18(17)23(29)28(27-22)20-8-4-3-7-19(20)25/h1-13H. The lowest BCUT2D eigenvalue weighted by Crippen LogP contribution is -2.22. The molecule has 0 radical (unpaired) electrons. The molecule has 5 nitrogen and oxygen atoms in total. The Morgan fingerprint density at radius 3 is 2.43 bits per heavy atom. The Bertz CT molecular complexity index is 1450. The molecule has 0 saturated heterocycles. The average molecular weight is 479 g/mol. The quantitative estimate of drug-likeness (QED) is 0.313. The SMILES string of the molecule is O=c1c2ccccc2c(-c2cc(Br)cc(-c3cnco3)c2)nn1-c1ccccc1Cl. The van der Waals surface area contributed by atoms with Crippen molar-refractivity contribution < 1.29 is 4.42 Å². The molecule has 5 rings (SSSR count). The van der Waals surface area contributed by atoms with Gasteiger partial charge in [0.15, 0.2) is 12.2 Å². The summed E-state index contributed by atoms with van der Waals surface area (Å²) in [6, 6.07) is 20.4. The number of aromatic nitrogens is 3. The first-order chi connectivity index (χ1) is 14.6. The topological polar surface area (TPSA) is 60.9 Å². The Balaban J connectivity index is 1.83. The van der Waals surface area contributed by atoms with Crippen molar-refractivity contribution in [3.05, 3.63) is 99.2 Å². The van der Waals surface area contributed by atoms with Crippen molar-refractivity contribution in [2.45, 2.75) is 0 Å². The van der Waals surface area contributed by atoms with Crippen LogP contribution >= 0.6 is 27.5 Å². The molecule has 0 aliphatic heterocycles. The van der Waals surface area contributed by atoms with Crippen molar-refractivity contribution in [2.75, 3.05) is 0 Å². The van der Waals surface area contributed by atoms with Gasteiger partial charge in [0.2, 0.25) is 0 Å². The molecule has 5 aromatic rings. The van der Waals surface area contributed by atoms with Crippen LogP contribution in [-0.2, 0) is 0 Å². The van der Waals surface area contributed by atoms with E-state index in [1.807, 2.05) is 48.5 Å². The number of hydrogen-bond acceptors (Lipinski definition) is 4. The van der Waals surface area contributed by atoms with E-state index in [2.05, 4.69) is 20.9 Å². The Labute approximate surface area is 184 Å². The number of hydrogen-bond donors (Lipinski definition) is 0. The molecule has 3 aromatic carbocycles. The zero-order chi connectivity index (χ0) is 20.7. The highest BCUT2D eigenvalue weighted by molar-refractivity contribution is 9.10. The second-order valence-corrected chi connectivity index (χ2v) is 7.98. The van der Waals surface area contributed by atoms with Crippen LogP contribution in [-0.4, -0.2) is 14.8 Å². The summed E-state index contributed by atoms with van der Waals surface area (Å²) in [6.07, 6.45) is 3.04. The minimum atomic E-state index is -0.229. The molecular weight excluding hydrogens is 466 g/mol. The van der Waals surface area contributed by atoms with Gasteiger partial charge in [0.1, 0.15) is 0 Å². The summed E-state index contributed by atoms with van der Waals surface area (Å²) in [6.45, 7) is 0. The van der Waals surface area contributed by atoms with Gasteiger partial charge in [-0.15, -0.1) is 0 Å². The van der Waals surface area contributed by atoms with Gasteiger partial charge in [-0.1, -0.05) is 57.9 Å². The van der Waals surface area contributed by atoms with E-state index in [4.69, 9.17) is 21.1 Å². The zero-order valence-corrected chi connectivity index (χ0v) is 17.8. The van der Waals surface area contributed by atoms with Crippen molar-refractivity contribution in [1.82, 2.24) is 14.8 Å². The Morgan fingerprint density at radius 2 is 1.67 bits per heavy atom. The number of benzene rings is 3. The monoisotopic (exact) mass is 477 g/mol. The van der Waals surface area contributed by atoms with Crippen LogP contribution < -0.4 is 5.56 Å². The molecule has 0 fully saturated rings. The van der Waals surface area contributed by atoms with Gasteiger partial charge >= 0.3 is 0 Å². The van der Waals surface area contributed by atoms with Crippen molar-refractivity contribution in [3.63, 3.8) is 0 Å². The van der Waals surface area contributed by atoms with Crippen LogP contribution in [0.5, 0.6) is 0 Å². The van der Waals surface area contributed by atoms with Crippen LogP contribution in [0, 0.1) is 0 Å². The smallest absolute Gasteiger partial charge is 0.279 e. The van der Waals surface area contributed by atoms with Crippen LogP contribution in [0.15, 0.2) is 93.0 Å². The largest absolute Gasteiger partial charge is 0.444 e. The van der Waals surface area contributed by atoms with E-state index in [0.717, 1.165) is 21.0 Å². The normalized spacial score (nSPS) is 11.1. The van der Waals surface area contributed by atoms with Gasteiger partial charge < -0.3 is 4.42 Å². The fourth-order valence-corrected chi connectivity index (χ4v) is 4.13. The summed E-state index contributed by atoms with van der Waals surface area (Å²) in [4.78, 5) is 17.2. The van der Waals surface area contributed by atoms with Crippen LogP contribution in [0.1, 0.15) is 0 Å². The lowest BCUT2D eigenvalue weighted by Gasteiger charge is -2.13. The van der Waals surface area contributed by atoms with E-state index in [1.54, 1.807) is 24.4 Å². The first kappa shape index (κ1) is 18.8. The minimum absolute atomic E-state index is 0.229. The number of rotatable bonds is 3. The number of halogens is 2. The van der Waals surface area contributed by atoms with E-state index in [9.17, 15) is 4.79 Å². The highest BCUT2D eigenvalue weighted by Gasteiger charge is 2.16. The molecule has 0 unspecified atom stereocenters. The molecule has 30 heavy (non-hydrogen) atoms. The lowest BCUT2D eigenvalue weighted by atomic mass is 10.0. The van der Waals surface area contributed by atoms with Gasteiger partial charge in [-0.25, -0.2) is 4.98 Å². The summed E-state index contributed by atoms with van der Waals surface area (Å²) < 4.78 is 7.67. The molecule has 0 amide bonds.